The van der Waals surface area contributed by atoms with E-state index in [0.717, 1.165) is 32.8 Å². The average Bonchev–Trinajstić information content (AvgIpc) is 2.40. The van der Waals surface area contributed by atoms with Gasteiger partial charge in [-0.25, -0.2) is 9.78 Å². The van der Waals surface area contributed by atoms with E-state index in [0.29, 0.717) is 18.2 Å². The Labute approximate surface area is 112 Å². The number of rotatable bonds is 4. The van der Waals surface area contributed by atoms with Crippen molar-refractivity contribution in [2.75, 3.05) is 50.4 Å². The Kier molecular flexibility index (Phi) is 4.93. The number of nitrogens with two attached hydrogens (primary N) is 1. The van der Waals surface area contributed by atoms with Crippen molar-refractivity contribution in [3.05, 3.63) is 18.2 Å². The molecule has 19 heavy (non-hydrogen) atoms. The summed E-state index contributed by atoms with van der Waals surface area (Å²) in [6, 6.07) is 4.83. The van der Waals surface area contributed by atoms with Gasteiger partial charge in [-0.1, -0.05) is 6.07 Å². The third-order valence-corrected chi connectivity index (χ3v) is 2.83. The van der Waals surface area contributed by atoms with Crippen LogP contribution < -0.4 is 16.4 Å². The molecule has 1 aromatic rings. The van der Waals surface area contributed by atoms with Crippen LogP contribution in [-0.2, 0) is 4.74 Å². The lowest BCUT2D eigenvalue weighted by Crippen LogP contribution is -2.42. The summed E-state index contributed by atoms with van der Waals surface area (Å²) in [4.78, 5) is 17.9. The Morgan fingerprint density at radius 3 is 2.95 bits per heavy atom. The molecule has 4 N–H and O–H groups in total. The van der Waals surface area contributed by atoms with Crippen LogP contribution in [0.25, 0.3) is 0 Å². The Morgan fingerprint density at radius 1 is 1.42 bits per heavy atom. The number of urea groups is 1. The summed E-state index contributed by atoms with van der Waals surface area (Å²) in [6.45, 7) is 4.77. The van der Waals surface area contributed by atoms with Crippen molar-refractivity contribution in [2.45, 2.75) is 0 Å². The standard InChI is InChI=1S/C12H19N5O2/c13-10-2-1-3-11(15-10)16-12(18)14-4-5-17-6-8-19-9-7-17/h1-3H,4-9H2,(H4,13,14,15,16,18). The van der Waals surface area contributed by atoms with Gasteiger partial charge in [0.05, 0.1) is 13.2 Å². The number of anilines is 2. The molecule has 2 rings (SSSR count). The van der Waals surface area contributed by atoms with E-state index in [9.17, 15) is 4.79 Å². The second-order valence-corrected chi connectivity index (χ2v) is 4.28. The fourth-order valence-corrected chi connectivity index (χ4v) is 1.83. The predicted octanol–water partition coefficient (Wildman–Crippen LogP) is 0.118. The summed E-state index contributed by atoms with van der Waals surface area (Å²) in [5, 5.41) is 5.42. The SMILES string of the molecule is Nc1cccc(NC(=O)NCCN2CCOCC2)n1. The summed E-state index contributed by atoms with van der Waals surface area (Å²) < 4.78 is 5.26. The number of carbonyl (C=O) groups is 1. The number of morpholine rings is 1. The van der Waals surface area contributed by atoms with Crippen LogP contribution in [-0.4, -0.2) is 55.3 Å². The Hall–Kier alpha value is -1.86. The van der Waals surface area contributed by atoms with Crippen molar-refractivity contribution in [1.29, 1.82) is 0 Å². The minimum atomic E-state index is -0.272. The van der Waals surface area contributed by atoms with Crippen molar-refractivity contribution in [3.63, 3.8) is 0 Å². The van der Waals surface area contributed by atoms with Gasteiger partial charge in [-0.15, -0.1) is 0 Å². The highest BCUT2D eigenvalue weighted by atomic mass is 16.5. The van der Waals surface area contributed by atoms with Crippen LogP contribution in [0, 0.1) is 0 Å². The first-order valence-electron chi connectivity index (χ1n) is 6.31. The molecule has 1 aliphatic heterocycles. The highest BCUT2D eigenvalue weighted by Crippen LogP contribution is 2.05. The molecule has 0 saturated carbocycles. The zero-order chi connectivity index (χ0) is 13.5. The lowest BCUT2D eigenvalue weighted by Gasteiger charge is -2.26. The zero-order valence-electron chi connectivity index (χ0n) is 10.8. The first-order valence-corrected chi connectivity index (χ1v) is 6.31. The van der Waals surface area contributed by atoms with Gasteiger partial charge in [0, 0.05) is 26.2 Å². The van der Waals surface area contributed by atoms with Crippen molar-refractivity contribution < 1.29 is 9.53 Å². The van der Waals surface area contributed by atoms with E-state index in [4.69, 9.17) is 10.5 Å². The summed E-state index contributed by atoms with van der Waals surface area (Å²) >= 11 is 0. The van der Waals surface area contributed by atoms with Crippen LogP contribution in [0.1, 0.15) is 0 Å². The van der Waals surface area contributed by atoms with Crippen LogP contribution in [0.5, 0.6) is 0 Å². The lowest BCUT2D eigenvalue weighted by atomic mass is 10.4. The second-order valence-electron chi connectivity index (χ2n) is 4.28. The third kappa shape index (κ3) is 4.72. The van der Waals surface area contributed by atoms with Crippen LogP contribution in [0.4, 0.5) is 16.4 Å². The molecule has 2 heterocycles. The van der Waals surface area contributed by atoms with Crippen LogP contribution in [0.15, 0.2) is 18.2 Å². The maximum atomic E-state index is 11.6. The highest BCUT2D eigenvalue weighted by Gasteiger charge is 2.10. The van der Waals surface area contributed by atoms with E-state index in [1.54, 1.807) is 18.2 Å². The molecular weight excluding hydrogens is 246 g/mol. The van der Waals surface area contributed by atoms with Gasteiger partial charge in [-0.3, -0.25) is 10.2 Å². The van der Waals surface area contributed by atoms with Gasteiger partial charge in [0.2, 0.25) is 0 Å². The topological polar surface area (TPSA) is 92.5 Å². The molecule has 1 fully saturated rings. The number of aromatic nitrogens is 1. The maximum absolute atomic E-state index is 11.6. The van der Waals surface area contributed by atoms with Gasteiger partial charge in [-0.05, 0) is 12.1 Å². The molecule has 1 aromatic heterocycles. The van der Waals surface area contributed by atoms with E-state index in [1.165, 1.54) is 0 Å². The van der Waals surface area contributed by atoms with Crippen LogP contribution in [0.2, 0.25) is 0 Å². The number of nitrogen functional groups attached to an aromatic ring is 1. The zero-order valence-corrected chi connectivity index (χ0v) is 10.8. The van der Waals surface area contributed by atoms with Gasteiger partial charge in [-0.2, -0.15) is 0 Å². The number of nitrogens with one attached hydrogen (secondary N) is 2. The largest absolute Gasteiger partial charge is 0.384 e. The van der Waals surface area contributed by atoms with Crippen molar-refractivity contribution >= 4 is 17.7 Å². The molecule has 7 nitrogen and oxygen atoms in total. The number of amides is 2. The quantitative estimate of drug-likeness (QED) is 0.719. The van der Waals surface area contributed by atoms with Crippen molar-refractivity contribution in [3.8, 4) is 0 Å². The van der Waals surface area contributed by atoms with E-state index < -0.39 is 0 Å². The summed E-state index contributed by atoms with van der Waals surface area (Å²) in [5.41, 5.74) is 5.53. The maximum Gasteiger partial charge on any atom is 0.320 e. The number of pyridine rings is 1. The molecule has 1 saturated heterocycles. The smallest absolute Gasteiger partial charge is 0.320 e. The van der Waals surface area contributed by atoms with E-state index in [1.807, 2.05) is 0 Å². The van der Waals surface area contributed by atoms with Crippen LogP contribution in [0.3, 0.4) is 0 Å². The molecule has 7 heteroatoms. The molecule has 1 aliphatic rings. The van der Waals surface area contributed by atoms with Gasteiger partial charge >= 0.3 is 6.03 Å². The lowest BCUT2D eigenvalue weighted by molar-refractivity contribution is 0.0388. The molecule has 0 spiro atoms. The summed E-state index contributed by atoms with van der Waals surface area (Å²) in [5.74, 6) is 0.829. The molecule has 2 amide bonds. The molecule has 0 aliphatic carbocycles. The molecular formula is C12H19N5O2. The minimum Gasteiger partial charge on any atom is -0.384 e. The Morgan fingerprint density at radius 2 is 2.21 bits per heavy atom. The Balaban J connectivity index is 1.67. The van der Waals surface area contributed by atoms with Crippen molar-refractivity contribution in [2.24, 2.45) is 0 Å². The molecule has 0 bridgehead atoms. The predicted molar refractivity (Wildman–Crippen MR) is 72.9 cm³/mol. The average molecular weight is 265 g/mol. The fourth-order valence-electron chi connectivity index (χ4n) is 1.83. The van der Waals surface area contributed by atoms with E-state index >= 15 is 0 Å². The number of nitrogens with zero attached hydrogens (tertiary/aromatic N) is 2. The molecule has 104 valence electrons. The van der Waals surface area contributed by atoms with Crippen LogP contribution >= 0.6 is 0 Å². The minimum absolute atomic E-state index is 0.272. The molecule has 0 atom stereocenters. The van der Waals surface area contributed by atoms with E-state index in [2.05, 4.69) is 20.5 Å². The molecule has 0 unspecified atom stereocenters. The molecule has 0 radical (unpaired) electrons. The van der Waals surface area contributed by atoms with E-state index in [-0.39, 0.29) is 6.03 Å². The first-order chi connectivity index (χ1) is 9.24. The van der Waals surface area contributed by atoms with Gasteiger partial charge in [0.15, 0.2) is 0 Å². The van der Waals surface area contributed by atoms with Gasteiger partial charge in [0.25, 0.3) is 0 Å². The van der Waals surface area contributed by atoms with Crippen molar-refractivity contribution in [1.82, 2.24) is 15.2 Å². The summed E-state index contributed by atoms with van der Waals surface area (Å²) in [6.07, 6.45) is 0. The van der Waals surface area contributed by atoms with Gasteiger partial charge < -0.3 is 15.8 Å². The number of hydrogen-bond donors (Lipinski definition) is 3. The fraction of sp³-hybridized carbons (Fsp3) is 0.500. The highest BCUT2D eigenvalue weighted by molar-refractivity contribution is 5.88. The first kappa shape index (κ1) is 13.6. The summed E-state index contributed by atoms with van der Waals surface area (Å²) in [7, 11) is 0. The normalized spacial score (nSPS) is 16.0. The number of carbonyl (C=O) groups excluding carboxylic acids is 1. The third-order valence-electron chi connectivity index (χ3n) is 2.83. The monoisotopic (exact) mass is 265 g/mol. The Bertz CT molecular complexity index is 420. The molecule has 0 aromatic carbocycles. The number of hydrogen-bond acceptors (Lipinski definition) is 5. The second kappa shape index (κ2) is 6.91. The van der Waals surface area contributed by atoms with Gasteiger partial charge in [0.1, 0.15) is 11.6 Å². The number of ether oxygens (including phenoxy) is 1.